The second-order valence-electron chi connectivity index (χ2n) is 3.19. The molecule has 0 aliphatic carbocycles. The van der Waals surface area contributed by atoms with Gasteiger partial charge >= 0.3 is 0 Å². The smallest absolute Gasteiger partial charge is 0.0400 e. The summed E-state index contributed by atoms with van der Waals surface area (Å²) in [6, 6.07) is 4.10. The highest BCUT2D eigenvalue weighted by molar-refractivity contribution is 5.46. The van der Waals surface area contributed by atoms with Gasteiger partial charge in [-0.1, -0.05) is 13.8 Å². The maximum atomic E-state index is 5.25. The van der Waals surface area contributed by atoms with Gasteiger partial charge in [-0.05, 0) is 26.0 Å². The lowest BCUT2D eigenvalue weighted by molar-refractivity contribution is 0.829. The summed E-state index contributed by atoms with van der Waals surface area (Å²) < 4.78 is 0. The van der Waals surface area contributed by atoms with Crippen LogP contribution in [-0.2, 0) is 0 Å². The maximum Gasteiger partial charge on any atom is 0.0400 e. The molecule has 0 aliphatic heterocycles. The number of aromatic nitrogens is 1. The van der Waals surface area contributed by atoms with Crippen LogP contribution in [0.5, 0.6) is 0 Å². The highest BCUT2D eigenvalue weighted by Gasteiger charge is 2.02. The van der Waals surface area contributed by atoms with Gasteiger partial charge in [-0.15, -0.1) is 12.3 Å². The number of hydrogen-bond donors (Lipinski definition) is 0. The summed E-state index contributed by atoms with van der Waals surface area (Å²) in [4.78, 5) is 6.43. The molecular formula is C14H22N2. The zero-order chi connectivity index (χ0) is 12.4. The molecule has 0 saturated carbocycles. The molecule has 1 aromatic rings. The Morgan fingerprint density at radius 1 is 1.44 bits per heavy atom. The van der Waals surface area contributed by atoms with Crippen LogP contribution in [-0.4, -0.2) is 18.1 Å². The van der Waals surface area contributed by atoms with Gasteiger partial charge in [0.05, 0.1) is 0 Å². The molecule has 0 aliphatic rings. The first-order chi connectivity index (χ1) is 7.77. The first kappa shape index (κ1) is 14.5. The number of pyridine rings is 1. The zero-order valence-electron chi connectivity index (χ0n) is 10.8. The molecule has 0 spiro atoms. The van der Waals surface area contributed by atoms with E-state index in [1.54, 1.807) is 0 Å². The van der Waals surface area contributed by atoms with Gasteiger partial charge in [-0.2, -0.15) is 0 Å². The van der Waals surface area contributed by atoms with Crippen molar-refractivity contribution in [3.8, 4) is 12.3 Å². The molecule has 0 unspecified atom stereocenters. The van der Waals surface area contributed by atoms with Crippen molar-refractivity contribution in [2.75, 3.05) is 18.0 Å². The van der Waals surface area contributed by atoms with Crippen molar-refractivity contribution in [2.45, 2.75) is 34.1 Å². The largest absolute Gasteiger partial charge is 0.371 e. The Morgan fingerprint density at radius 2 is 2.12 bits per heavy atom. The van der Waals surface area contributed by atoms with E-state index in [9.17, 15) is 0 Å². The van der Waals surface area contributed by atoms with Crippen LogP contribution in [0.15, 0.2) is 18.3 Å². The highest BCUT2D eigenvalue weighted by Crippen LogP contribution is 2.13. The Morgan fingerprint density at radius 3 is 2.62 bits per heavy atom. The van der Waals surface area contributed by atoms with E-state index < -0.39 is 0 Å². The molecule has 0 amide bonds. The second kappa shape index (κ2) is 8.79. The first-order valence-corrected chi connectivity index (χ1v) is 5.89. The van der Waals surface area contributed by atoms with Crippen LogP contribution in [0.1, 0.15) is 32.9 Å². The monoisotopic (exact) mass is 218 g/mol. The normalized spacial score (nSPS) is 8.69. The van der Waals surface area contributed by atoms with Gasteiger partial charge in [0.1, 0.15) is 0 Å². The Labute approximate surface area is 99.7 Å². The lowest BCUT2D eigenvalue weighted by Gasteiger charge is -2.22. The van der Waals surface area contributed by atoms with Crippen LogP contribution in [0.25, 0.3) is 0 Å². The molecule has 2 heteroatoms. The van der Waals surface area contributed by atoms with E-state index in [1.807, 2.05) is 33.0 Å². The highest BCUT2D eigenvalue weighted by atomic mass is 15.1. The number of hydrogen-bond acceptors (Lipinski definition) is 2. The Kier molecular flexibility index (Phi) is 7.97. The summed E-state index contributed by atoms with van der Waals surface area (Å²) in [6.07, 6.45) is 7.87. The van der Waals surface area contributed by atoms with Crippen LogP contribution in [0.3, 0.4) is 0 Å². The Hall–Kier alpha value is -1.49. The van der Waals surface area contributed by atoms with Gasteiger partial charge in [-0.25, -0.2) is 0 Å². The molecule has 0 atom stereocenters. The fourth-order valence-electron chi connectivity index (χ4n) is 1.40. The summed E-state index contributed by atoms with van der Waals surface area (Å²) in [5, 5.41) is 0. The molecule has 0 aromatic carbocycles. The molecule has 88 valence electrons. The van der Waals surface area contributed by atoms with E-state index in [1.165, 1.54) is 5.69 Å². The lowest BCUT2D eigenvalue weighted by atomic mass is 10.3. The maximum absolute atomic E-state index is 5.25. The van der Waals surface area contributed by atoms with Gasteiger partial charge in [0.2, 0.25) is 0 Å². The molecule has 1 rings (SSSR count). The van der Waals surface area contributed by atoms with Crippen LogP contribution in [0.4, 0.5) is 5.69 Å². The van der Waals surface area contributed by atoms with E-state index in [2.05, 4.69) is 28.8 Å². The number of terminal acetylenes is 1. The minimum absolute atomic E-state index is 0.787. The third-order valence-electron chi connectivity index (χ3n) is 2.15. The molecule has 2 nitrogen and oxygen atoms in total. The van der Waals surface area contributed by atoms with Crippen molar-refractivity contribution in [1.82, 2.24) is 4.98 Å². The molecule has 0 saturated heterocycles. The Balaban J connectivity index is 0.00000106. The summed E-state index contributed by atoms with van der Waals surface area (Å²) in [6.45, 7) is 10.0. The van der Waals surface area contributed by atoms with Crippen molar-refractivity contribution in [3.63, 3.8) is 0 Å². The van der Waals surface area contributed by atoms with Crippen molar-refractivity contribution < 1.29 is 0 Å². The SMILES string of the molecule is C#CCCN(CC)c1ccnc(C)c1.CC. The van der Waals surface area contributed by atoms with E-state index in [-0.39, 0.29) is 0 Å². The Bertz CT molecular complexity index is 326. The van der Waals surface area contributed by atoms with Crippen LogP contribution in [0.2, 0.25) is 0 Å². The van der Waals surface area contributed by atoms with Crippen molar-refractivity contribution in [1.29, 1.82) is 0 Å². The molecule has 0 fully saturated rings. The lowest BCUT2D eigenvalue weighted by Crippen LogP contribution is -2.23. The molecule has 0 N–H and O–H groups in total. The van der Waals surface area contributed by atoms with Crippen LogP contribution in [0, 0.1) is 19.3 Å². The molecule has 1 aromatic heterocycles. The summed E-state index contributed by atoms with van der Waals surface area (Å²) in [7, 11) is 0. The predicted octanol–water partition coefficient (Wildman–Crippen LogP) is 3.27. The van der Waals surface area contributed by atoms with Gasteiger partial charge in [0.25, 0.3) is 0 Å². The fourth-order valence-corrected chi connectivity index (χ4v) is 1.40. The summed E-state index contributed by atoms with van der Waals surface area (Å²) >= 11 is 0. The second-order valence-corrected chi connectivity index (χ2v) is 3.19. The zero-order valence-corrected chi connectivity index (χ0v) is 10.8. The van der Waals surface area contributed by atoms with E-state index in [4.69, 9.17) is 6.42 Å². The van der Waals surface area contributed by atoms with Gasteiger partial charge in [0.15, 0.2) is 0 Å². The quantitative estimate of drug-likeness (QED) is 0.721. The first-order valence-electron chi connectivity index (χ1n) is 5.89. The predicted molar refractivity (Wildman–Crippen MR) is 71.7 cm³/mol. The summed E-state index contributed by atoms with van der Waals surface area (Å²) in [5.74, 6) is 2.66. The molecule has 1 heterocycles. The van der Waals surface area contributed by atoms with Crippen molar-refractivity contribution >= 4 is 5.69 Å². The minimum atomic E-state index is 0.787. The van der Waals surface area contributed by atoms with Crippen LogP contribution < -0.4 is 4.90 Å². The fraction of sp³-hybridized carbons (Fsp3) is 0.500. The average Bonchev–Trinajstić information content (AvgIpc) is 2.33. The topological polar surface area (TPSA) is 16.1 Å². The third-order valence-corrected chi connectivity index (χ3v) is 2.15. The van der Waals surface area contributed by atoms with Crippen molar-refractivity contribution in [2.24, 2.45) is 0 Å². The average molecular weight is 218 g/mol. The van der Waals surface area contributed by atoms with E-state index in [0.717, 1.165) is 25.2 Å². The van der Waals surface area contributed by atoms with Gasteiger partial charge < -0.3 is 4.90 Å². The molecule has 0 radical (unpaired) electrons. The number of anilines is 1. The third kappa shape index (κ3) is 4.84. The minimum Gasteiger partial charge on any atom is -0.371 e. The standard InChI is InChI=1S/C12H16N2.C2H6/c1-4-6-9-14(5-2)12-7-8-13-11(3)10-12;1-2/h1,7-8,10H,5-6,9H2,2-3H3;1-2H3. The summed E-state index contributed by atoms with van der Waals surface area (Å²) in [5.41, 5.74) is 2.25. The molecule has 0 bridgehead atoms. The number of nitrogens with zero attached hydrogens (tertiary/aromatic N) is 2. The number of aryl methyl sites for hydroxylation is 1. The number of rotatable bonds is 4. The van der Waals surface area contributed by atoms with Gasteiger partial charge in [0, 0.05) is 37.1 Å². The van der Waals surface area contributed by atoms with Gasteiger partial charge in [-0.3, -0.25) is 4.98 Å². The molecule has 16 heavy (non-hydrogen) atoms. The van der Waals surface area contributed by atoms with E-state index >= 15 is 0 Å². The van der Waals surface area contributed by atoms with Crippen LogP contribution >= 0.6 is 0 Å². The van der Waals surface area contributed by atoms with E-state index in [0.29, 0.717) is 0 Å². The molecular weight excluding hydrogens is 196 g/mol. The van der Waals surface area contributed by atoms with Crippen molar-refractivity contribution in [3.05, 3.63) is 24.0 Å².